The van der Waals surface area contributed by atoms with Crippen LogP contribution in [0.5, 0.6) is 11.6 Å². The van der Waals surface area contributed by atoms with E-state index in [0.717, 1.165) is 0 Å². The van der Waals surface area contributed by atoms with E-state index in [9.17, 15) is 14.0 Å². The summed E-state index contributed by atoms with van der Waals surface area (Å²) >= 11 is 8.06. The van der Waals surface area contributed by atoms with Gasteiger partial charge in [-0.2, -0.15) is 0 Å². The number of pyridine rings is 1. The van der Waals surface area contributed by atoms with E-state index in [4.69, 9.17) is 21.4 Å². The second-order valence-corrected chi connectivity index (χ2v) is 9.00. The van der Waals surface area contributed by atoms with Crippen molar-refractivity contribution >= 4 is 46.1 Å². The molecule has 1 atom stereocenters. The first-order valence-corrected chi connectivity index (χ1v) is 10.1. The van der Waals surface area contributed by atoms with E-state index in [-0.39, 0.29) is 22.0 Å². The molecule has 9 heteroatoms. The molecule has 0 unspecified atom stereocenters. The van der Waals surface area contributed by atoms with Gasteiger partial charge in [0.05, 0.1) is 10.6 Å². The van der Waals surface area contributed by atoms with Gasteiger partial charge < -0.3 is 15.2 Å². The van der Waals surface area contributed by atoms with Crippen LogP contribution in [0.3, 0.4) is 0 Å². The highest BCUT2D eigenvalue weighted by Crippen LogP contribution is 2.31. The molecule has 30 heavy (non-hydrogen) atoms. The lowest BCUT2D eigenvalue weighted by Crippen LogP contribution is -2.38. The van der Waals surface area contributed by atoms with Crippen LogP contribution in [0.4, 0.5) is 4.39 Å². The lowest BCUT2D eigenvalue weighted by molar-refractivity contribution is 0.0696. The van der Waals surface area contributed by atoms with Gasteiger partial charge in [0.25, 0.3) is 5.91 Å². The topological polar surface area (TPSA) is 88.5 Å². The average molecular weight is 541 g/mol. The monoisotopic (exact) mass is 540 g/mol. The quantitative estimate of drug-likeness (QED) is 0.248. The van der Waals surface area contributed by atoms with Crippen LogP contribution < -0.4 is 10.1 Å². The lowest BCUT2D eigenvalue weighted by atomic mass is 10.1. The van der Waals surface area contributed by atoms with Gasteiger partial charge in [-0.3, -0.25) is 4.79 Å². The number of nitrogens with zero attached hydrogens (tertiary/aromatic N) is 1. The second kappa shape index (κ2) is 8.97. The number of halogens is 3. The molecule has 154 valence electrons. The Morgan fingerprint density at radius 3 is 2.40 bits per heavy atom. The average Bonchev–Trinajstić information content (AvgIpc) is 2.70. The number of amides is 1. The number of carboxylic acids is 1. The maximum Gasteiger partial charge on any atom is 0.335 e. The molecule has 3 rings (SSSR count). The van der Waals surface area contributed by atoms with Crippen LogP contribution in [-0.2, 0) is 3.55 Å². The predicted molar refractivity (Wildman–Crippen MR) is 118 cm³/mol. The van der Waals surface area contributed by atoms with E-state index < -0.39 is 21.2 Å². The van der Waals surface area contributed by atoms with Crippen molar-refractivity contribution in [2.45, 2.75) is 10.5 Å². The fourth-order valence-electron chi connectivity index (χ4n) is 2.56. The normalized spacial score (nSPS) is 12.7. The number of carboxylic acid groups (broad SMARTS) is 1. The molecule has 2 N–H and O–H groups in total. The largest absolute Gasteiger partial charge is 0.478 e. The minimum atomic E-state index is -1.03. The molecule has 0 aliphatic carbocycles. The fraction of sp³-hybridized carbons (Fsp3) is 0.0952. The Hall–Kier alpha value is -2.72. The van der Waals surface area contributed by atoms with Gasteiger partial charge in [0.2, 0.25) is 5.88 Å². The van der Waals surface area contributed by atoms with Gasteiger partial charge in [-0.15, -0.1) is 0 Å². The molecule has 0 bridgehead atoms. The highest BCUT2D eigenvalue weighted by atomic mass is 127. The van der Waals surface area contributed by atoms with Gasteiger partial charge in [0.1, 0.15) is 20.7 Å². The molecule has 0 saturated heterocycles. The van der Waals surface area contributed by atoms with Gasteiger partial charge in [0, 0.05) is 6.20 Å². The number of hydrogen-bond acceptors (Lipinski definition) is 4. The number of aromatic nitrogens is 1. The summed E-state index contributed by atoms with van der Waals surface area (Å²) in [5.74, 6) is -1.63. The summed E-state index contributed by atoms with van der Waals surface area (Å²) in [6.45, 7) is 1.76. The summed E-state index contributed by atoms with van der Waals surface area (Å²) in [7, 11) is 0. The Labute approximate surface area is 190 Å². The highest BCUT2D eigenvalue weighted by molar-refractivity contribution is 14.1. The van der Waals surface area contributed by atoms with Crippen molar-refractivity contribution in [3.8, 4) is 11.6 Å². The first-order valence-electron chi connectivity index (χ1n) is 8.60. The van der Waals surface area contributed by atoms with E-state index >= 15 is 0 Å². The van der Waals surface area contributed by atoms with E-state index in [2.05, 4.69) is 10.3 Å². The molecular weight excluding hydrogens is 526 g/mol. The van der Waals surface area contributed by atoms with Crippen LogP contribution in [-0.4, -0.2) is 22.0 Å². The Balaban J connectivity index is 1.85. The summed E-state index contributed by atoms with van der Waals surface area (Å²) < 4.78 is 17.9. The molecule has 0 fully saturated rings. The van der Waals surface area contributed by atoms with Crippen molar-refractivity contribution in [2.75, 3.05) is 0 Å². The molecule has 0 saturated carbocycles. The number of aromatic carboxylic acids is 1. The number of ether oxygens (including phenoxy) is 1. The Morgan fingerprint density at radius 1 is 1.17 bits per heavy atom. The molecular formula is C21H15ClFIN2O4. The summed E-state index contributed by atoms with van der Waals surface area (Å²) in [6.07, 6.45) is 1.34. The molecule has 1 amide bonds. The number of nitrogens with one attached hydrogen (secondary N) is 1. The van der Waals surface area contributed by atoms with Crippen LogP contribution in [0.15, 0.2) is 60.8 Å². The van der Waals surface area contributed by atoms with Crippen LogP contribution in [0.1, 0.15) is 33.2 Å². The number of carbonyl (C=O) groups is 2. The van der Waals surface area contributed by atoms with Gasteiger partial charge in [-0.1, -0.05) is 23.7 Å². The summed E-state index contributed by atoms with van der Waals surface area (Å²) in [4.78, 5) is 28.1. The SMILES string of the molecule is C[C@@](I)(NC(=O)c1cc(Cl)cnc1Oc1ccc(F)cc1)c1ccc(C(=O)O)cc1. The fourth-order valence-corrected chi connectivity index (χ4v) is 3.33. The van der Waals surface area contributed by atoms with Crippen LogP contribution >= 0.6 is 34.2 Å². The summed E-state index contributed by atoms with van der Waals surface area (Å²) in [6, 6.07) is 12.9. The standard InChI is InChI=1S/C21H15ClFIN2O4/c1-21(24,13-4-2-12(3-5-13)20(28)29)26-18(27)17-10-14(22)11-25-19(17)30-16-8-6-15(23)7-9-16/h2-11H,1H3,(H,26,27)(H,28,29)/t21-/m1/s1. The number of rotatable bonds is 6. The zero-order valence-electron chi connectivity index (χ0n) is 15.5. The number of benzene rings is 2. The number of carbonyl (C=O) groups excluding carboxylic acids is 1. The maximum absolute atomic E-state index is 13.1. The third kappa shape index (κ3) is 5.25. The van der Waals surface area contributed by atoms with Gasteiger partial charge in [0.15, 0.2) is 0 Å². The second-order valence-electron chi connectivity index (χ2n) is 6.40. The van der Waals surface area contributed by atoms with E-state index in [1.165, 1.54) is 48.7 Å². The molecule has 1 aromatic heterocycles. The Morgan fingerprint density at radius 2 is 1.80 bits per heavy atom. The molecule has 0 aliphatic heterocycles. The van der Waals surface area contributed by atoms with Crippen LogP contribution in [0.25, 0.3) is 0 Å². The number of alkyl halides is 1. The van der Waals surface area contributed by atoms with E-state index in [1.54, 1.807) is 19.1 Å². The Kier molecular flexibility index (Phi) is 6.57. The molecule has 1 heterocycles. The first kappa shape index (κ1) is 22.0. The van der Waals surface area contributed by atoms with Crippen molar-refractivity contribution in [1.29, 1.82) is 0 Å². The minimum Gasteiger partial charge on any atom is -0.478 e. The third-order valence-electron chi connectivity index (χ3n) is 4.11. The zero-order valence-corrected chi connectivity index (χ0v) is 18.4. The first-order chi connectivity index (χ1) is 14.2. The molecule has 0 spiro atoms. The van der Waals surface area contributed by atoms with Gasteiger partial charge >= 0.3 is 5.97 Å². The summed E-state index contributed by atoms with van der Waals surface area (Å²) in [5, 5.41) is 12.1. The van der Waals surface area contributed by atoms with Crippen LogP contribution in [0.2, 0.25) is 5.02 Å². The van der Waals surface area contributed by atoms with Crippen molar-refractivity contribution in [1.82, 2.24) is 10.3 Å². The zero-order chi connectivity index (χ0) is 21.9. The van der Waals surface area contributed by atoms with E-state index in [0.29, 0.717) is 11.3 Å². The summed E-state index contributed by atoms with van der Waals surface area (Å²) in [5.41, 5.74) is 0.931. The number of hydrogen-bond donors (Lipinski definition) is 2. The van der Waals surface area contributed by atoms with Gasteiger partial charge in [-0.25, -0.2) is 14.2 Å². The smallest absolute Gasteiger partial charge is 0.335 e. The molecule has 2 aromatic carbocycles. The van der Waals surface area contributed by atoms with Crippen LogP contribution in [0, 0.1) is 5.82 Å². The molecule has 6 nitrogen and oxygen atoms in total. The predicted octanol–water partition coefficient (Wildman–Crippen LogP) is 5.40. The minimum absolute atomic E-state index is 0.0110. The Bertz CT molecular complexity index is 1090. The van der Waals surface area contributed by atoms with Gasteiger partial charge in [-0.05, 0) is 77.5 Å². The molecule has 0 radical (unpaired) electrons. The maximum atomic E-state index is 13.1. The van der Waals surface area contributed by atoms with E-state index in [1.807, 2.05) is 22.6 Å². The van der Waals surface area contributed by atoms with Crippen molar-refractivity contribution < 1.29 is 23.8 Å². The third-order valence-corrected chi connectivity index (χ3v) is 5.21. The van der Waals surface area contributed by atoms with Crippen molar-refractivity contribution in [3.63, 3.8) is 0 Å². The van der Waals surface area contributed by atoms with Crippen molar-refractivity contribution in [3.05, 3.63) is 88.3 Å². The highest BCUT2D eigenvalue weighted by Gasteiger charge is 2.28. The molecule has 0 aliphatic rings. The lowest BCUT2D eigenvalue weighted by Gasteiger charge is -2.25. The molecule has 3 aromatic rings. The van der Waals surface area contributed by atoms with Crippen molar-refractivity contribution in [2.24, 2.45) is 0 Å².